The number of likely N-dealkylation sites (tertiary alicyclic amines) is 1. The second-order valence-corrected chi connectivity index (χ2v) is 6.63. The van der Waals surface area contributed by atoms with Gasteiger partial charge in [0.25, 0.3) is 0 Å². The van der Waals surface area contributed by atoms with Crippen LogP contribution in [0, 0.1) is 17.8 Å². The van der Waals surface area contributed by atoms with E-state index in [-0.39, 0.29) is 12.0 Å². The van der Waals surface area contributed by atoms with E-state index in [9.17, 15) is 9.90 Å². The van der Waals surface area contributed by atoms with E-state index < -0.39 is 5.97 Å². The first-order chi connectivity index (χ1) is 8.66. The molecular weight excluding hydrogens is 226 g/mol. The van der Waals surface area contributed by atoms with Gasteiger partial charge in [-0.2, -0.15) is 0 Å². The molecular formula is C15H25NO2. The van der Waals surface area contributed by atoms with Crippen molar-refractivity contribution >= 4 is 5.97 Å². The summed E-state index contributed by atoms with van der Waals surface area (Å²) in [5, 5.41) is 9.22. The minimum Gasteiger partial charge on any atom is -0.481 e. The molecule has 0 spiro atoms. The molecule has 0 aromatic carbocycles. The molecule has 0 aromatic heterocycles. The maximum Gasteiger partial charge on any atom is 0.308 e. The minimum absolute atomic E-state index is 0.133. The Hall–Kier alpha value is -0.570. The Labute approximate surface area is 110 Å². The fourth-order valence-electron chi connectivity index (χ4n) is 4.31. The van der Waals surface area contributed by atoms with Crippen molar-refractivity contribution in [2.24, 2.45) is 17.8 Å². The average Bonchev–Trinajstić information content (AvgIpc) is 3.12. The number of hydrogen-bond acceptors (Lipinski definition) is 2. The Morgan fingerprint density at radius 3 is 2.50 bits per heavy atom. The molecule has 0 radical (unpaired) electrons. The van der Waals surface area contributed by atoms with Crippen LogP contribution < -0.4 is 0 Å². The predicted molar refractivity (Wildman–Crippen MR) is 70.4 cm³/mol. The smallest absolute Gasteiger partial charge is 0.308 e. The van der Waals surface area contributed by atoms with Gasteiger partial charge in [0.1, 0.15) is 0 Å². The molecule has 0 bridgehead atoms. The van der Waals surface area contributed by atoms with Crippen LogP contribution in [0.1, 0.15) is 51.9 Å². The monoisotopic (exact) mass is 251 g/mol. The largest absolute Gasteiger partial charge is 0.481 e. The van der Waals surface area contributed by atoms with Crippen LogP contribution in [0.2, 0.25) is 0 Å². The Balaban J connectivity index is 1.62. The van der Waals surface area contributed by atoms with Crippen molar-refractivity contribution in [2.45, 2.75) is 64.0 Å². The standard InChI is InChI=1S/C15H25NO2/c1-10-14(15(17)18)7-8-16(10)13-4-2-3-12(9-13)11-5-6-11/h10-14H,2-9H2,1H3,(H,17,18). The number of carboxylic acids is 1. The normalized spacial score (nSPS) is 42.1. The van der Waals surface area contributed by atoms with Gasteiger partial charge in [-0.3, -0.25) is 9.69 Å². The molecule has 3 fully saturated rings. The highest BCUT2D eigenvalue weighted by Crippen LogP contribution is 2.45. The lowest BCUT2D eigenvalue weighted by Crippen LogP contribution is -2.43. The van der Waals surface area contributed by atoms with Crippen LogP contribution in [-0.4, -0.2) is 34.6 Å². The molecule has 0 aromatic rings. The van der Waals surface area contributed by atoms with E-state index in [2.05, 4.69) is 11.8 Å². The lowest BCUT2D eigenvalue weighted by atomic mass is 9.82. The van der Waals surface area contributed by atoms with Crippen LogP contribution in [0.25, 0.3) is 0 Å². The van der Waals surface area contributed by atoms with Crippen molar-refractivity contribution in [3.63, 3.8) is 0 Å². The summed E-state index contributed by atoms with van der Waals surface area (Å²) in [5.41, 5.74) is 0. The van der Waals surface area contributed by atoms with E-state index in [1.165, 1.54) is 38.5 Å². The van der Waals surface area contributed by atoms with Gasteiger partial charge in [0.2, 0.25) is 0 Å². The Morgan fingerprint density at radius 2 is 1.89 bits per heavy atom. The average molecular weight is 251 g/mol. The van der Waals surface area contributed by atoms with Gasteiger partial charge in [-0.25, -0.2) is 0 Å². The van der Waals surface area contributed by atoms with Crippen LogP contribution in [0.15, 0.2) is 0 Å². The van der Waals surface area contributed by atoms with Crippen LogP contribution in [0.5, 0.6) is 0 Å². The van der Waals surface area contributed by atoms with E-state index in [0.29, 0.717) is 6.04 Å². The van der Waals surface area contributed by atoms with Crippen molar-refractivity contribution in [3.05, 3.63) is 0 Å². The van der Waals surface area contributed by atoms with Crippen LogP contribution in [0.3, 0.4) is 0 Å². The zero-order valence-electron chi connectivity index (χ0n) is 11.3. The number of carboxylic acid groups (broad SMARTS) is 1. The highest BCUT2D eigenvalue weighted by Gasteiger charge is 2.42. The van der Waals surface area contributed by atoms with E-state index in [1.807, 2.05) is 0 Å². The van der Waals surface area contributed by atoms with Gasteiger partial charge in [0, 0.05) is 12.1 Å². The van der Waals surface area contributed by atoms with E-state index in [0.717, 1.165) is 24.8 Å². The van der Waals surface area contributed by atoms with Crippen molar-refractivity contribution in [1.82, 2.24) is 4.90 Å². The van der Waals surface area contributed by atoms with Gasteiger partial charge in [0.15, 0.2) is 0 Å². The third-order valence-electron chi connectivity index (χ3n) is 5.57. The highest BCUT2D eigenvalue weighted by molar-refractivity contribution is 5.71. The van der Waals surface area contributed by atoms with Crippen LogP contribution in [-0.2, 0) is 4.79 Å². The molecule has 1 aliphatic heterocycles. The summed E-state index contributed by atoms with van der Waals surface area (Å²) >= 11 is 0. The Bertz CT molecular complexity index is 326. The van der Waals surface area contributed by atoms with Crippen LogP contribution >= 0.6 is 0 Å². The molecule has 2 saturated carbocycles. The topological polar surface area (TPSA) is 40.5 Å². The second-order valence-electron chi connectivity index (χ2n) is 6.63. The van der Waals surface area contributed by atoms with Gasteiger partial charge < -0.3 is 5.11 Å². The lowest BCUT2D eigenvalue weighted by Gasteiger charge is -2.38. The SMILES string of the molecule is CC1C(C(=O)O)CCN1C1CCCC(C2CC2)C1. The Morgan fingerprint density at radius 1 is 1.11 bits per heavy atom. The molecule has 1 N–H and O–H groups in total. The third-order valence-corrected chi connectivity index (χ3v) is 5.57. The van der Waals surface area contributed by atoms with Gasteiger partial charge in [-0.1, -0.05) is 12.8 Å². The van der Waals surface area contributed by atoms with Gasteiger partial charge in [-0.05, 0) is 57.4 Å². The number of aliphatic carboxylic acids is 1. The fraction of sp³-hybridized carbons (Fsp3) is 0.933. The van der Waals surface area contributed by atoms with Gasteiger partial charge in [-0.15, -0.1) is 0 Å². The first-order valence-electron chi connectivity index (χ1n) is 7.65. The number of nitrogens with zero attached hydrogens (tertiary/aromatic N) is 1. The van der Waals surface area contributed by atoms with Crippen molar-refractivity contribution < 1.29 is 9.90 Å². The summed E-state index contributed by atoms with van der Waals surface area (Å²) in [4.78, 5) is 13.7. The van der Waals surface area contributed by atoms with Gasteiger partial charge >= 0.3 is 5.97 Å². The molecule has 3 rings (SSSR count). The Kier molecular flexibility index (Phi) is 3.35. The van der Waals surface area contributed by atoms with Crippen LogP contribution in [0.4, 0.5) is 0 Å². The molecule has 3 aliphatic rings. The van der Waals surface area contributed by atoms with E-state index >= 15 is 0 Å². The van der Waals surface area contributed by atoms with Crippen molar-refractivity contribution in [3.8, 4) is 0 Å². The molecule has 18 heavy (non-hydrogen) atoms. The minimum atomic E-state index is -0.598. The molecule has 4 atom stereocenters. The maximum atomic E-state index is 11.2. The molecule has 0 amide bonds. The molecule has 3 nitrogen and oxygen atoms in total. The molecule has 3 heteroatoms. The second kappa shape index (κ2) is 4.84. The van der Waals surface area contributed by atoms with Crippen molar-refractivity contribution in [2.75, 3.05) is 6.54 Å². The number of hydrogen-bond donors (Lipinski definition) is 1. The third kappa shape index (κ3) is 2.29. The van der Waals surface area contributed by atoms with E-state index in [1.54, 1.807) is 0 Å². The quantitative estimate of drug-likeness (QED) is 0.838. The summed E-state index contributed by atoms with van der Waals surface area (Å²) in [6.07, 6.45) is 9.15. The molecule has 1 heterocycles. The molecule has 2 aliphatic carbocycles. The highest BCUT2D eigenvalue weighted by atomic mass is 16.4. The molecule has 102 valence electrons. The number of rotatable bonds is 3. The molecule has 4 unspecified atom stereocenters. The summed E-state index contributed by atoms with van der Waals surface area (Å²) in [6, 6.07) is 0.911. The summed E-state index contributed by atoms with van der Waals surface area (Å²) in [5.74, 6) is 1.23. The van der Waals surface area contributed by atoms with Gasteiger partial charge in [0.05, 0.1) is 5.92 Å². The maximum absolute atomic E-state index is 11.2. The zero-order chi connectivity index (χ0) is 12.7. The summed E-state index contributed by atoms with van der Waals surface area (Å²) < 4.78 is 0. The predicted octanol–water partition coefficient (Wildman–Crippen LogP) is 2.75. The van der Waals surface area contributed by atoms with E-state index in [4.69, 9.17) is 0 Å². The summed E-state index contributed by atoms with van der Waals surface area (Å²) in [7, 11) is 0. The molecule has 1 saturated heterocycles. The first kappa shape index (κ1) is 12.5. The van der Waals surface area contributed by atoms with Crippen molar-refractivity contribution in [1.29, 1.82) is 0 Å². The fourth-order valence-corrected chi connectivity index (χ4v) is 4.31. The summed E-state index contributed by atoms with van der Waals surface area (Å²) in [6.45, 7) is 3.12. The zero-order valence-corrected chi connectivity index (χ0v) is 11.3. The number of carbonyl (C=O) groups is 1. The first-order valence-corrected chi connectivity index (χ1v) is 7.65. The lowest BCUT2D eigenvalue weighted by molar-refractivity contribution is -0.142.